The molecule has 12 heteroatoms. The summed E-state index contributed by atoms with van der Waals surface area (Å²) >= 11 is 0. The first kappa shape index (κ1) is 29.6. The number of nitrogens with zero attached hydrogens (tertiary/aromatic N) is 3. The average molecular weight is 535 g/mol. The molecule has 0 aliphatic rings. The Balaban J connectivity index is 2.51. The number of carbonyl (C=O) groups excluding carboxylic acids is 2. The highest BCUT2D eigenvalue weighted by Crippen LogP contribution is 2.24. The van der Waals surface area contributed by atoms with E-state index in [1.165, 1.54) is 30.2 Å². The van der Waals surface area contributed by atoms with Crippen LogP contribution < -0.4 is 14.4 Å². The van der Waals surface area contributed by atoms with Gasteiger partial charge in [0.15, 0.2) is 0 Å². The molecule has 1 atom stereocenters. The van der Waals surface area contributed by atoms with Crippen LogP contribution in [0, 0.1) is 10.1 Å². The Morgan fingerprint density at radius 2 is 1.78 bits per heavy atom. The number of sulfonamides is 1. The van der Waals surface area contributed by atoms with Gasteiger partial charge < -0.3 is 15.0 Å². The minimum Gasteiger partial charge on any atom is -0.497 e. The molecule has 2 aromatic rings. The van der Waals surface area contributed by atoms with Crippen molar-refractivity contribution >= 4 is 33.2 Å². The molecule has 0 aliphatic heterocycles. The van der Waals surface area contributed by atoms with E-state index in [9.17, 15) is 28.1 Å². The van der Waals surface area contributed by atoms with Gasteiger partial charge in [-0.15, -0.1) is 0 Å². The molecule has 0 aliphatic carbocycles. The molecule has 0 aromatic heterocycles. The molecule has 0 radical (unpaired) electrons. The number of benzene rings is 2. The van der Waals surface area contributed by atoms with E-state index >= 15 is 0 Å². The number of rotatable bonds is 11. The molecule has 1 N–H and O–H groups in total. The van der Waals surface area contributed by atoms with Crippen LogP contribution in [-0.4, -0.2) is 61.5 Å². The van der Waals surface area contributed by atoms with Crippen molar-refractivity contribution in [3.05, 3.63) is 64.2 Å². The number of nitro groups is 1. The summed E-state index contributed by atoms with van der Waals surface area (Å²) < 4.78 is 31.4. The fourth-order valence-electron chi connectivity index (χ4n) is 3.72. The molecule has 0 saturated heterocycles. The Morgan fingerprint density at radius 3 is 2.32 bits per heavy atom. The highest BCUT2D eigenvalue weighted by molar-refractivity contribution is 7.92. The average Bonchev–Trinajstić information content (AvgIpc) is 2.80. The third-order valence-corrected chi connectivity index (χ3v) is 6.52. The van der Waals surface area contributed by atoms with Crippen LogP contribution in [0.1, 0.15) is 39.7 Å². The van der Waals surface area contributed by atoms with E-state index in [0.29, 0.717) is 11.3 Å². The molecule has 0 bridgehead atoms. The molecule has 0 unspecified atom stereocenters. The van der Waals surface area contributed by atoms with Crippen molar-refractivity contribution in [1.29, 1.82) is 0 Å². The second-order valence-corrected chi connectivity index (χ2v) is 11.5. The van der Waals surface area contributed by atoms with Gasteiger partial charge >= 0.3 is 0 Å². The molecular weight excluding hydrogens is 500 g/mol. The van der Waals surface area contributed by atoms with E-state index in [2.05, 4.69) is 5.32 Å². The van der Waals surface area contributed by atoms with Gasteiger partial charge in [0.25, 0.3) is 5.69 Å². The minimum atomic E-state index is -4.01. The highest BCUT2D eigenvalue weighted by Gasteiger charge is 2.33. The largest absolute Gasteiger partial charge is 0.497 e. The number of nitro benzene ring substituents is 1. The lowest BCUT2D eigenvalue weighted by Gasteiger charge is -2.34. The van der Waals surface area contributed by atoms with E-state index in [1.807, 2.05) is 20.8 Å². The number of nitrogens with one attached hydrogen (secondary N) is 1. The summed E-state index contributed by atoms with van der Waals surface area (Å²) in [5, 5.41) is 14.1. The lowest BCUT2D eigenvalue weighted by atomic mass is 10.1. The van der Waals surface area contributed by atoms with Gasteiger partial charge in [0.1, 0.15) is 18.3 Å². The van der Waals surface area contributed by atoms with Crippen LogP contribution in [0.3, 0.4) is 0 Å². The van der Waals surface area contributed by atoms with E-state index < -0.39 is 39.0 Å². The van der Waals surface area contributed by atoms with Crippen LogP contribution in [-0.2, 0) is 26.2 Å². The first-order valence-corrected chi connectivity index (χ1v) is 13.5. The Bertz CT molecular complexity index is 1240. The molecule has 0 heterocycles. The maximum absolute atomic E-state index is 13.7. The smallest absolute Gasteiger partial charge is 0.271 e. The van der Waals surface area contributed by atoms with Gasteiger partial charge in [0, 0.05) is 24.2 Å². The maximum Gasteiger partial charge on any atom is 0.271 e. The SMILES string of the molecule is CC[C@H](C(=O)NC(C)(C)C)N(Cc1cccc(OC)c1)C(=O)CN(c1cccc([N+](=O)[O-])c1)S(C)(=O)=O. The zero-order valence-corrected chi connectivity index (χ0v) is 22.7. The van der Waals surface area contributed by atoms with E-state index in [0.717, 1.165) is 16.6 Å². The molecule has 11 nitrogen and oxygen atoms in total. The molecule has 0 fully saturated rings. The Hall–Kier alpha value is -3.67. The summed E-state index contributed by atoms with van der Waals surface area (Å²) in [6.07, 6.45) is 1.18. The number of carbonyl (C=O) groups is 2. The van der Waals surface area contributed by atoms with E-state index in [1.54, 1.807) is 31.2 Å². The fraction of sp³-hybridized carbons (Fsp3) is 0.440. The third-order valence-electron chi connectivity index (χ3n) is 5.38. The summed E-state index contributed by atoms with van der Waals surface area (Å²) in [4.78, 5) is 38.8. The molecule has 2 aromatic carbocycles. The predicted molar refractivity (Wildman–Crippen MR) is 141 cm³/mol. The number of anilines is 1. The van der Waals surface area contributed by atoms with Crippen LogP contribution in [0.4, 0.5) is 11.4 Å². The zero-order valence-electron chi connectivity index (χ0n) is 21.9. The second kappa shape index (κ2) is 12.0. The molecular formula is C25H34N4O7S. The lowest BCUT2D eigenvalue weighted by molar-refractivity contribution is -0.384. The maximum atomic E-state index is 13.7. The van der Waals surface area contributed by atoms with Crippen LogP contribution in [0.2, 0.25) is 0 Å². The first-order valence-electron chi connectivity index (χ1n) is 11.6. The Labute approximate surface area is 217 Å². The van der Waals surface area contributed by atoms with Crippen LogP contribution in [0.5, 0.6) is 5.75 Å². The number of amides is 2. The highest BCUT2D eigenvalue weighted by atomic mass is 32.2. The van der Waals surface area contributed by atoms with Crippen molar-refractivity contribution in [2.45, 2.75) is 52.2 Å². The van der Waals surface area contributed by atoms with Crippen LogP contribution >= 0.6 is 0 Å². The standard InChI is InChI=1S/C25H34N4O7S/c1-7-22(24(31)26-25(2,3)4)27(16-18-10-8-13-21(14-18)36-5)23(30)17-28(37(6,34)35)19-11-9-12-20(15-19)29(32)33/h8-15,22H,7,16-17H2,1-6H3,(H,26,31)/t22-/m1/s1. The van der Waals surface area contributed by atoms with Crippen molar-refractivity contribution in [2.75, 3.05) is 24.2 Å². The van der Waals surface area contributed by atoms with Crippen LogP contribution in [0.25, 0.3) is 0 Å². The number of methoxy groups -OCH3 is 1. The molecule has 2 amide bonds. The Kier molecular flexibility index (Phi) is 9.62. The summed E-state index contributed by atoms with van der Waals surface area (Å²) in [7, 11) is -2.50. The van der Waals surface area contributed by atoms with Gasteiger partial charge in [-0.1, -0.05) is 25.1 Å². The van der Waals surface area contributed by atoms with Crippen molar-refractivity contribution in [3.8, 4) is 5.75 Å². The number of non-ortho nitro benzene ring substituents is 1. The van der Waals surface area contributed by atoms with Gasteiger partial charge in [0.05, 0.1) is 24.0 Å². The molecule has 2 rings (SSSR count). The summed E-state index contributed by atoms with van der Waals surface area (Å²) in [6, 6.07) is 11.1. The zero-order chi connectivity index (χ0) is 28.0. The van der Waals surface area contributed by atoms with Gasteiger partial charge in [-0.3, -0.25) is 24.0 Å². The van der Waals surface area contributed by atoms with Gasteiger partial charge in [0.2, 0.25) is 21.8 Å². The molecule has 37 heavy (non-hydrogen) atoms. The lowest BCUT2D eigenvalue weighted by Crippen LogP contribution is -2.55. The summed E-state index contributed by atoms with van der Waals surface area (Å²) in [5.41, 5.74) is -0.228. The quantitative estimate of drug-likeness (QED) is 0.345. The van der Waals surface area contributed by atoms with Crippen molar-refractivity contribution < 1.29 is 27.7 Å². The molecule has 0 spiro atoms. The predicted octanol–water partition coefficient (Wildman–Crippen LogP) is 3.09. The minimum absolute atomic E-state index is 0.0125. The van der Waals surface area contributed by atoms with E-state index in [4.69, 9.17) is 4.74 Å². The number of hydrogen-bond donors (Lipinski definition) is 1. The van der Waals surface area contributed by atoms with Crippen molar-refractivity contribution in [2.24, 2.45) is 0 Å². The monoisotopic (exact) mass is 534 g/mol. The van der Waals surface area contributed by atoms with Crippen molar-refractivity contribution in [1.82, 2.24) is 10.2 Å². The van der Waals surface area contributed by atoms with Gasteiger partial charge in [-0.2, -0.15) is 0 Å². The van der Waals surface area contributed by atoms with Crippen molar-refractivity contribution in [3.63, 3.8) is 0 Å². The summed E-state index contributed by atoms with van der Waals surface area (Å²) in [6.45, 7) is 6.58. The second-order valence-electron chi connectivity index (χ2n) is 9.58. The number of ether oxygens (including phenoxy) is 1. The van der Waals surface area contributed by atoms with E-state index in [-0.39, 0.29) is 30.2 Å². The normalized spacial score (nSPS) is 12.4. The topological polar surface area (TPSA) is 139 Å². The number of hydrogen-bond acceptors (Lipinski definition) is 7. The third kappa shape index (κ3) is 8.45. The Morgan fingerprint density at radius 1 is 1.14 bits per heavy atom. The molecule has 0 saturated carbocycles. The summed E-state index contributed by atoms with van der Waals surface area (Å²) in [5.74, 6) is -0.463. The first-order chi connectivity index (χ1) is 17.2. The van der Waals surface area contributed by atoms with Gasteiger partial charge in [-0.25, -0.2) is 8.42 Å². The fourth-order valence-corrected chi connectivity index (χ4v) is 4.56. The van der Waals surface area contributed by atoms with Gasteiger partial charge in [-0.05, 0) is 51.0 Å². The molecule has 202 valence electrons. The van der Waals surface area contributed by atoms with Crippen LogP contribution in [0.15, 0.2) is 48.5 Å².